The molecule has 0 bridgehead atoms. The molecule has 0 aliphatic rings. The highest BCUT2D eigenvalue weighted by atomic mass is 32.1. The van der Waals surface area contributed by atoms with Crippen molar-refractivity contribution < 1.29 is 23.0 Å². The van der Waals surface area contributed by atoms with Crippen LogP contribution in [0.4, 0.5) is 13.2 Å². The maximum absolute atomic E-state index is 12.0. The Labute approximate surface area is 112 Å². The van der Waals surface area contributed by atoms with Crippen LogP contribution in [0.3, 0.4) is 0 Å². The largest absolute Gasteiger partial charge is 0.573 e. The number of aryl methyl sites for hydroxylation is 1. The van der Waals surface area contributed by atoms with Crippen LogP contribution in [0.2, 0.25) is 0 Å². The SMILES string of the molecule is Cc1ccc(C(O)c2ccc(OC(F)(F)F)cc2)s1. The lowest BCUT2D eigenvalue weighted by Gasteiger charge is -2.11. The molecule has 1 atom stereocenters. The number of alkyl halides is 3. The predicted octanol–water partition coefficient (Wildman–Crippen LogP) is 4.04. The minimum Gasteiger partial charge on any atom is -0.406 e. The summed E-state index contributed by atoms with van der Waals surface area (Å²) in [5.74, 6) is -0.300. The lowest BCUT2D eigenvalue weighted by Crippen LogP contribution is -2.17. The number of hydrogen-bond donors (Lipinski definition) is 1. The van der Waals surface area contributed by atoms with Crippen LogP contribution in [-0.4, -0.2) is 11.5 Å². The van der Waals surface area contributed by atoms with E-state index in [-0.39, 0.29) is 5.75 Å². The Morgan fingerprint density at radius 2 is 1.74 bits per heavy atom. The highest BCUT2D eigenvalue weighted by Gasteiger charge is 2.31. The van der Waals surface area contributed by atoms with Gasteiger partial charge in [-0.3, -0.25) is 0 Å². The quantitative estimate of drug-likeness (QED) is 0.923. The molecule has 0 spiro atoms. The number of halogens is 3. The second-order valence-electron chi connectivity index (χ2n) is 3.97. The average Bonchev–Trinajstić information content (AvgIpc) is 2.74. The summed E-state index contributed by atoms with van der Waals surface area (Å²) in [6.07, 6.45) is -5.54. The lowest BCUT2D eigenvalue weighted by atomic mass is 10.1. The zero-order valence-electron chi connectivity index (χ0n) is 9.94. The van der Waals surface area contributed by atoms with E-state index in [0.717, 1.165) is 9.75 Å². The summed E-state index contributed by atoms with van der Waals surface area (Å²) in [5, 5.41) is 10.1. The minimum atomic E-state index is -4.70. The Balaban J connectivity index is 2.14. The fourth-order valence-corrected chi connectivity index (χ4v) is 2.51. The molecule has 0 fully saturated rings. The zero-order valence-corrected chi connectivity index (χ0v) is 10.8. The third-order valence-corrected chi connectivity index (χ3v) is 3.51. The van der Waals surface area contributed by atoms with Gasteiger partial charge in [-0.2, -0.15) is 0 Å². The molecule has 2 rings (SSSR count). The van der Waals surface area contributed by atoms with Crippen LogP contribution in [-0.2, 0) is 0 Å². The van der Waals surface area contributed by atoms with Gasteiger partial charge in [-0.05, 0) is 36.8 Å². The van der Waals surface area contributed by atoms with E-state index < -0.39 is 12.5 Å². The summed E-state index contributed by atoms with van der Waals surface area (Å²) in [6, 6.07) is 8.88. The summed E-state index contributed by atoms with van der Waals surface area (Å²) in [4.78, 5) is 1.81. The molecule has 0 aliphatic carbocycles. The van der Waals surface area contributed by atoms with Gasteiger partial charge in [0.05, 0.1) is 0 Å². The van der Waals surface area contributed by atoms with E-state index in [4.69, 9.17) is 0 Å². The Hall–Kier alpha value is -1.53. The topological polar surface area (TPSA) is 29.5 Å². The van der Waals surface area contributed by atoms with E-state index >= 15 is 0 Å². The number of hydrogen-bond acceptors (Lipinski definition) is 3. The van der Waals surface area contributed by atoms with Crippen LogP contribution in [0, 0.1) is 6.92 Å². The zero-order chi connectivity index (χ0) is 14.0. The maximum Gasteiger partial charge on any atom is 0.573 e. The first-order valence-corrected chi connectivity index (χ1v) is 6.27. The summed E-state index contributed by atoms with van der Waals surface area (Å²) in [7, 11) is 0. The molecule has 1 aromatic carbocycles. The van der Waals surface area contributed by atoms with Crippen LogP contribution in [0.25, 0.3) is 0 Å². The Morgan fingerprint density at radius 3 is 2.21 bits per heavy atom. The van der Waals surface area contributed by atoms with Gasteiger partial charge in [0, 0.05) is 9.75 Å². The van der Waals surface area contributed by atoms with Crippen molar-refractivity contribution in [2.45, 2.75) is 19.4 Å². The first-order chi connectivity index (χ1) is 8.85. The van der Waals surface area contributed by atoms with E-state index in [1.807, 2.05) is 13.0 Å². The van der Waals surface area contributed by atoms with Crippen molar-refractivity contribution in [3.8, 4) is 5.75 Å². The van der Waals surface area contributed by atoms with Crippen LogP contribution < -0.4 is 4.74 Å². The Bertz CT molecular complexity index is 546. The Morgan fingerprint density at radius 1 is 1.11 bits per heavy atom. The van der Waals surface area contributed by atoms with E-state index in [1.165, 1.54) is 35.6 Å². The predicted molar refractivity (Wildman–Crippen MR) is 66.2 cm³/mol. The van der Waals surface area contributed by atoms with Gasteiger partial charge in [0.1, 0.15) is 11.9 Å². The van der Waals surface area contributed by atoms with Gasteiger partial charge >= 0.3 is 6.36 Å². The van der Waals surface area contributed by atoms with Gasteiger partial charge in [0.25, 0.3) is 0 Å². The molecule has 0 aliphatic heterocycles. The molecule has 0 amide bonds. The van der Waals surface area contributed by atoms with Crippen molar-refractivity contribution in [2.24, 2.45) is 0 Å². The molecule has 0 radical (unpaired) electrons. The number of thiophene rings is 1. The molecule has 19 heavy (non-hydrogen) atoms. The summed E-state index contributed by atoms with van der Waals surface area (Å²) in [6.45, 7) is 1.92. The number of aliphatic hydroxyl groups is 1. The number of rotatable bonds is 3. The highest BCUT2D eigenvalue weighted by Crippen LogP contribution is 2.30. The molecule has 0 saturated heterocycles. The maximum atomic E-state index is 12.0. The van der Waals surface area contributed by atoms with Gasteiger partial charge in [-0.1, -0.05) is 12.1 Å². The van der Waals surface area contributed by atoms with Crippen molar-refractivity contribution in [3.63, 3.8) is 0 Å². The minimum absolute atomic E-state index is 0.300. The summed E-state index contributed by atoms with van der Waals surface area (Å²) < 4.78 is 39.8. The van der Waals surface area contributed by atoms with Crippen LogP contribution in [0.1, 0.15) is 21.4 Å². The fourth-order valence-electron chi connectivity index (χ4n) is 1.62. The highest BCUT2D eigenvalue weighted by molar-refractivity contribution is 7.12. The van der Waals surface area contributed by atoms with Crippen molar-refractivity contribution in [2.75, 3.05) is 0 Å². The molecule has 1 aromatic heterocycles. The van der Waals surface area contributed by atoms with Gasteiger partial charge in [-0.15, -0.1) is 24.5 Å². The molecule has 102 valence electrons. The molecule has 2 nitrogen and oxygen atoms in total. The van der Waals surface area contributed by atoms with Crippen molar-refractivity contribution >= 4 is 11.3 Å². The first-order valence-electron chi connectivity index (χ1n) is 5.45. The van der Waals surface area contributed by atoms with E-state index in [2.05, 4.69) is 4.74 Å². The number of aliphatic hydroxyl groups excluding tert-OH is 1. The Kier molecular flexibility index (Phi) is 3.82. The molecule has 1 unspecified atom stereocenters. The standard InChI is InChI=1S/C13H11F3O2S/c1-8-2-7-11(19-8)12(17)9-3-5-10(6-4-9)18-13(14,15)16/h2-7,12,17H,1H3. The average molecular weight is 288 g/mol. The normalized spacial score (nSPS) is 13.3. The monoisotopic (exact) mass is 288 g/mol. The molecular weight excluding hydrogens is 277 g/mol. The van der Waals surface area contributed by atoms with Gasteiger partial charge < -0.3 is 9.84 Å². The van der Waals surface area contributed by atoms with E-state index in [0.29, 0.717) is 5.56 Å². The smallest absolute Gasteiger partial charge is 0.406 e. The van der Waals surface area contributed by atoms with Crippen LogP contribution >= 0.6 is 11.3 Å². The van der Waals surface area contributed by atoms with Crippen molar-refractivity contribution in [3.05, 3.63) is 51.7 Å². The first kappa shape index (κ1) is 13.9. The molecule has 0 saturated carbocycles. The molecule has 2 aromatic rings. The van der Waals surface area contributed by atoms with Crippen molar-refractivity contribution in [1.82, 2.24) is 0 Å². The van der Waals surface area contributed by atoms with Gasteiger partial charge in [-0.25, -0.2) is 0 Å². The molecule has 1 heterocycles. The van der Waals surface area contributed by atoms with Gasteiger partial charge in [0.15, 0.2) is 0 Å². The van der Waals surface area contributed by atoms with Crippen LogP contribution in [0.15, 0.2) is 36.4 Å². The number of ether oxygens (including phenoxy) is 1. The lowest BCUT2D eigenvalue weighted by molar-refractivity contribution is -0.274. The number of benzene rings is 1. The summed E-state index contributed by atoms with van der Waals surface area (Å²) >= 11 is 1.44. The van der Waals surface area contributed by atoms with E-state index in [9.17, 15) is 18.3 Å². The molecule has 1 N–H and O–H groups in total. The third kappa shape index (κ3) is 3.71. The van der Waals surface area contributed by atoms with Gasteiger partial charge in [0.2, 0.25) is 0 Å². The third-order valence-electron chi connectivity index (χ3n) is 2.46. The van der Waals surface area contributed by atoms with Crippen LogP contribution in [0.5, 0.6) is 5.75 Å². The molecule has 6 heteroatoms. The second kappa shape index (κ2) is 5.22. The summed E-state index contributed by atoms with van der Waals surface area (Å²) in [5.41, 5.74) is 0.524. The van der Waals surface area contributed by atoms with Crippen molar-refractivity contribution in [1.29, 1.82) is 0 Å². The van der Waals surface area contributed by atoms with E-state index in [1.54, 1.807) is 6.07 Å². The fraction of sp³-hybridized carbons (Fsp3) is 0.231. The molecular formula is C13H11F3O2S. The second-order valence-corrected chi connectivity index (χ2v) is 5.29.